The molecule has 0 heterocycles. The molecule has 0 saturated heterocycles. The van der Waals surface area contributed by atoms with E-state index < -0.39 is 5.92 Å². The molecular formula is C13H25F2NO. The third kappa shape index (κ3) is 4.18. The topological polar surface area (TPSA) is 35.2 Å². The summed E-state index contributed by atoms with van der Waals surface area (Å²) in [4.78, 5) is 0. The maximum atomic E-state index is 13.2. The van der Waals surface area contributed by atoms with Crippen LogP contribution in [0.1, 0.15) is 52.4 Å². The van der Waals surface area contributed by atoms with Crippen molar-refractivity contribution in [2.75, 3.05) is 13.2 Å². The highest BCUT2D eigenvalue weighted by atomic mass is 19.3. The van der Waals surface area contributed by atoms with Crippen LogP contribution in [-0.4, -0.2) is 24.7 Å². The van der Waals surface area contributed by atoms with Crippen molar-refractivity contribution < 1.29 is 13.5 Å². The van der Waals surface area contributed by atoms with Crippen molar-refractivity contribution in [2.45, 2.75) is 63.9 Å². The standard InChI is InChI=1S/C13H25F2NO/c1-3-12(4-2,10-16)17-9-11-6-5-7-13(14,15)8-11/h11H,3-10,16H2,1-2H3. The Morgan fingerprint density at radius 3 is 2.47 bits per heavy atom. The van der Waals surface area contributed by atoms with Crippen molar-refractivity contribution in [3.8, 4) is 0 Å². The van der Waals surface area contributed by atoms with Crippen molar-refractivity contribution >= 4 is 0 Å². The molecule has 102 valence electrons. The average Bonchev–Trinajstić information content (AvgIpc) is 2.30. The summed E-state index contributed by atoms with van der Waals surface area (Å²) in [5, 5.41) is 0. The van der Waals surface area contributed by atoms with Crippen LogP contribution in [0.25, 0.3) is 0 Å². The first kappa shape index (κ1) is 14.8. The van der Waals surface area contributed by atoms with E-state index in [1.54, 1.807) is 0 Å². The van der Waals surface area contributed by atoms with Crippen molar-refractivity contribution in [3.05, 3.63) is 0 Å². The second kappa shape index (κ2) is 6.10. The Bertz CT molecular complexity index is 221. The van der Waals surface area contributed by atoms with Crippen LogP contribution in [0.5, 0.6) is 0 Å². The SMILES string of the molecule is CCC(CC)(CN)OCC1CCCC(F)(F)C1. The molecule has 1 rings (SSSR count). The molecule has 4 heteroatoms. The predicted octanol–water partition coefficient (Wildman–Crippen LogP) is 3.35. The molecule has 0 bridgehead atoms. The van der Waals surface area contributed by atoms with Gasteiger partial charge in [-0.15, -0.1) is 0 Å². The molecule has 0 spiro atoms. The summed E-state index contributed by atoms with van der Waals surface area (Å²) < 4.78 is 32.3. The molecule has 0 aromatic rings. The van der Waals surface area contributed by atoms with E-state index in [1.165, 1.54) is 0 Å². The molecule has 1 aliphatic rings. The van der Waals surface area contributed by atoms with Crippen LogP contribution in [0.15, 0.2) is 0 Å². The Morgan fingerprint density at radius 1 is 1.35 bits per heavy atom. The highest BCUT2D eigenvalue weighted by Crippen LogP contribution is 2.37. The van der Waals surface area contributed by atoms with Crippen LogP contribution in [0.4, 0.5) is 8.78 Å². The van der Waals surface area contributed by atoms with Crippen LogP contribution in [0, 0.1) is 5.92 Å². The molecule has 0 amide bonds. The summed E-state index contributed by atoms with van der Waals surface area (Å²) in [6, 6.07) is 0. The minimum absolute atomic E-state index is 0.0113. The Hall–Kier alpha value is -0.220. The first-order valence-electron chi connectivity index (χ1n) is 6.69. The van der Waals surface area contributed by atoms with Crippen LogP contribution in [0.3, 0.4) is 0 Å². The molecule has 0 aromatic carbocycles. The maximum Gasteiger partial charge on any atom is 0.248 e. The minimum atomic E-state index is -2.49. The van der Waals surface area contributed by atoms with Gasteiger partial charge in [0.25, 0.3) is 0 Å². The smallest absolute Gasteiger partial charge is 0.248 e. The number of nitrogens with two attached hydrogens (primary N) is 1. The van der Waals surface area contributed by atoms with E-state index in [1.807, 2.05) is 13.8 Å². The van der Waals surface area contributed by atoms with E-state index in [0.717, 1.165) is 19.3 Å². The lowest BCUT2D eigenvalue weighted by Crippen LogP contribution is -2.41. The van der Waals surface area contributed by atoms with Crippen LogP contribution >= 0.6 is 0 Å². The molecule has 1 aliphatic carbocycles. The van der Waals surface area contributed by atoms with Crippen molar-refractivity contribution in [3.63, 3.8) is 0 Å². The van der Waals surface area contributed by atoms with Crippen LogP contribution < -0.4 is 5.73 Å². The van der Waals surface area contributed by atoms with Gasteiger partial charge in [0.15, 0.2) is 0 Å². The Balaban J connectivity index is 2.44. The summed E-state index contributed by atoms with van der Waals surface area (Å²) in [6.07, 6.45) is 3.14. The molecule has 1 unspecified atom stereocenters. The first-order chi connectivity index (χ1) is 7.97. The second-order valence-corrected chi connectivity index (χ2v) is 5.22. The number of halogens is 2. The van der Waals surface area contributed by atoms with E-state index in [2.05, 4.69) is 0 Å². The molecule has 1 atom stereocenters. The van der Waals surface area contributed by atoms with Gasteiger partial charge in [-0.25, -0.2) is 8.78 Å². The van der Waals surface area contributed by atoms with E-state index in [-0.39, 0.29) is 24.4 Å². The van der Waals surface area contributed by atoms with Gasteiger partial charge in [0.05, 0.1) is 12.2 Å². The van der Waals surface area contributed by atoms with E-state index >= 15 is 0 Å². The number of hydrogen-bond acceptors (Lipinski definition) is 2. The summed E-state index contributed by atoms with van der Waals surface area (Å²) in [5.41, 5.74) is 5.41. The van der Waals surface area contributed by atoms with Gasteiger partial charge in [-0.3, -0.25) is 0 Å². The van der Waals surface area contributed by atoms with Crippen molar-refractivity contribution in [1.82, 2.24) is 0 Å². The molecule has 0 radical (unpaired) electrons. The molecule has 1 saturated carbocycles. The number of ether oxygens (including phenoxy) is 1. The number of rotatable bonds is 6. The van der Waals surface area contributed by atoms with Gasteiger partial charge in [0.1, 0.15) is 0 Å². The van der Waals surface area contributed by atoms with Crippen molar-refractivity contribution in [2.24, 2.45) is 11.7 Å². The van der Waals surface area contributed by atoms with E-state index in [4.69, 9.17) is 10.5 Å². The Kier molecular flexibility index (Phi) is 5.32. The summed E-state index contributed by atoms with van der Waals surface area (Å²) in [7, 11) is 0. The molecular weight excluding hydrogens is 224 g/mol. The lowest BCUT2D eigenvalue weighted by Gasteiger charge is -2.35. The minimum Gasteiger partial charge on any atom is -0.373 e. The molecule has 2 N–H and O–H groups in total. The monoisotopic (exact) mass is 249 g/mol. The fraction of sp³-hybridized carbons (Fsp3) is 1.00. The van der Waals surface area contributed by atoms with Gasteiger partial charge < -0.3 is 10.5 Å². The first-order valence-corrected chi connectivity index (χ1v) is 6.69. The third-order valence-electron chi connectivity index (χ3n) is 4.03. The van der Waals surface area contributed by atoms with Gasteiger partial charge in [0, 0.05) is 19.4 Å². The predicted molar refractivity (Wildman–Crippen MR) is 65.2 cm³/mol. The van der Waals surface area contributed by atoms with E-state index in [0.29, 0.717) is 19.6 Å². The highest BCUT2D eigenvalue weighted by molar-refractivity contribution is 4.82. The fourth-order valence-electron chi connectivity index (χ4n) is 2.51. The maximum absolute atomic E-state index is 13.2. The lowest BCUT2D eigenvalue weighted by atomic mass is 9.87. The lowest BCUT2D eigenvalue weighted by molar-refractivity contribution is -0.101. The van der Waals surface area contributed by atoms with Gasteiger partial charge in [0.2, 0.25) is 5.92 Å². The van der Waals surface area contributed by atoms with Crippen LogP contribution in [-0.2, 0) is 4.74 Å². The molecule has 17 heavy (non-hydrogen) atoms. The zero-order valence-corrected chi connectivity index (χ0v) is 11.0. The largest absolute Gasteiger partial charge is 0.373 e. The number of hydrogen-bond donors (Lipinski definition) is 1. The zero-order valence-electron chi connectivity index (χ0n) is 11.0. The summed E-state index contributed by atoms with van der Waals surface area (Å²) in [5.74, 6) is -2.50. The summed E-state index contributed by atoms with van der Waals surface area (Å²) >= 11 is 0. The summed E-state index contributed by atoms with van der Waals surface area (Å²) in [6.45, 7) is 4.95. The van der Waals surface area contributed by atoms with Crippen molar-refractivity contribution in [1.29, 1.82) is 0 Å². The van der Waals surface area contributed by atoms with Gasteiger partial charge in [-0.1, -0.05) is 13.8 Å². The van der Waals surface area contributed by atoms with E-state index in [9.17, 15) is 8.78 Å². The van der Waals surface area contributed by atoms with Gasteiger partial charge in [-0.2, -0.15) is 0 Å². The molecule has 0 aromatic heterocycles. The zero-order chi connectivity index (χ0) is 12.9. The highest BCUT2D eigenvalue weighted by Gasteiger charge is 2.37. The third-order valence-corrected chi connectivity index (χ3v) is 4.03. The molecule has 1 fully saturated rings. The molecule has 2 nitrogen and oxygen atoms in total. The van der Waals surface area contributed by atoms with Gasteiger partial charge >= 0.3 is 0 Å². The van der Waals surface area contributed by atoms with Crippen LogP contribution in [0.2, 0.25) is 0 Å². The average molecular weight is 249 g/mol. The normalized spacial score (nSPS) is 24.9. The Morgan fingerprint density at radius 2 is 2.00 bits per heavy atom. The fourth-order valence-corrected chi connectivity index (χ4v) is 2.51. The number of alkyl halides is 2. The quantitative estimate of drug-likeness (QED) is 0.783. The second-order valence-electron chi connectivity index (χ2n) is 5.22. The Labute approximate surface area is 103 Å². The molecule has 0 aliphatic heterocycles. The van der Waals surface area contributed by atoms with Gasteiger partial charge in [-0.05, 0) is 31.6 Å².